The normalized spacial score (nSPS) is 17.0. The van der Waals surface area contributed by atoms with Crippen LogP contribution in [0.4, 0.5) is 4.79 Å². The first-order valence-electron chi connectivity index (χ1n) is 14.6. The molecule has 1 fully saturated rings. The molecule has 216 valence electrons. The van der Waals surface area contributed by atoms with E-state index in [9.17, 15) is 9.59 Å². The molecule has 0 bridgehead atoms. The molecule has 0 atom stereocenters. The van der Waals surface area contributed by atoms with Crippen LogP contribution < -0.4 is 5.69 Å². The number of carbonyl (C=O) groups excluding carboxylic acids is 1. The van der Waals surface area contributed by atoms with Gasteiger partial charge in [0.15, 0.2) is 0 Å². The van der Waals surface area contributed by atoms with Gasteiger partial charge >= 0.3 is 11.8 Å². The summed E-state index contributed by atoms with van der Waals surface area (Å²) in [5, 5.41) is 1.04. The number of hydrogen-bond acceptors (Lipinski definition) is 6. The van der Waals surface area contributed by atoms with Gasteiger partial charge in [0.2, 0.25) is 0 Å². The van der Waals surface area contributed by atoms with Crippen molar-refractivity contribution in [1.82, 2.24) is 29.0 Å². The van der Waals surface area contributed by atoms with E-state index in [0.29, 0.717) is 5.52 Å². The largest absolute Gasteiger partial charge is 0.445 e. The fraction of sp³-hybridized carbons (Fsp3) is 0.265. The maximum atomic E-state index is 13.7. The Balaban J connectivity index is 1.17. The lowest BCUT2D eigenvalue weighted by atomic mass is 9.90. The van der Waals surface area contributed by atoms with E-state index in [-0.39, 0.29) is 30.5 Å². The predicted molar refractivity (Wildman–Crippen MR) is 167 cm³/mol. The van der Waals surface area contributed by atoms with Crippen molar-refractivity contribution in [2.45, 2.75) is 44.4 Å². The van der Waals surface area contributed by atoms with Gasteiger partial charge in [0.25, 0.3) is 0 Å². The van der Waals surface area contributed by atoms with Gasteiger partial charge in [-0.25, -0.2) is 14.6 Å². The smallest absolute Gasteiger partial charge is 0.410 e. The average Bonchev–Trinajstić information content (AvgIpc) is 3.32. The Kier molecular flexibility index (Phi) is 6.85. The molecule has 4 heterocycles. The van der Waals surface area contributed by atoms with Crippen LogP contribution in [0.5, 0.6) is 0 Å². The van der Waals surface area contributed by atoms with Crippen molar-refractivity contribution in [2.75, 3.05) is 7.05 Å². The topological polar surface area (TPSA) is 95.1 Å². The number of carbonyl (C=O) groups is 1. The Hall–Kier alpha value is -5.05. The third kappa shape index (κ3) is 4.90. The molecule has 6 aromatic rings. The average molecular weight is 573 g/mol. The maximum absolute atomic E-state index is 13.7. The van der Waals surface area contributed by atoms with Crippen LogP contribution in [-0.2, 0) is 18.4 Å². The quantitative estimate of drug-likeness (QED) is 0.242. The van der Waals surface area contributed by atoms with E-state index in [0.717, 1.165) is 70.0 Å². The first-order valence-corrected chi connectivity index (χ1v) is 14.6. The van der Waals surface area contributed by atoms with Gasteiger partial charge in [0, 0.05) is 43.3 Å². The molecule has 1 aliphatic rings. The summed E-state index contributed by atoms with van der Waals surface area (Å²) >= 11 is 0. The first kappa shape index (κ1) is 26.8. The zero-order valence-electron chi connectivity index (χ0n) is 24.2. The van der Waals surface area contributed by atoms with E-state index in [1.54, 1.807) is 29.8 Å². The van der Waals surface area contributed by atoms with Gasteiger partial charge in [0.1, 0.15) is 12.1 Å². The van der Waals surface area contributed by atoms with Crippen molar-refractivity contribution in [3.05, 3.63) is 101 Å². The number of imidazole rings is 1. The van der Waals surface area contributed by atoms with Crippen LogP contribution in [0.25, 0.3) is 44.2 Å². The third-order valence-electron chi connectivity index (χ3n) is 8.72. The Morgan fingerprint density at radius 2 is 1.67 bits per heavy atom. The molecule has 0 radical (unpaired) electrons. The van der Waals surface area contributed by atoms with Gasteiger partial charge in [-0.1, -0.05) is 48.5 Å². The predicted octanol–water partition coefficient (Wildman–Crippen LogP) is 6.25. The minimum Gasteiger partial charge on any atom is -0.445 e. The molecule has 0 spiro atoms. The molecule has 0 N–H and O–H groups in total. The molecule has 43 heavy (non-hydrogen) atoms. The lowest BCUT2D eigenvalue weighted by Crippen LogP contribution is -2.41. The molecule has 2 aromatic carbocycles. The number of amides is 1. The number of pyridine rings is 3. The van der Waals surface area contributed by atoms with Crippen LogP contribution in [0.15, 0.2) is 90.0 Å². The minimum atomic E-state index is -0.327. The van der Waals surface area contributed by atoms with E-state index in [4.69, 9.17) is 9.72 Å². The first-order chi connectivity index (χ1) is 21.0. The Bertz CT molecular complexity index is 2030. The second-order valence-corrected chi connectivity index (χ2v) is 11.3. The van der Waals surface area contributed by atoms with Crippen molar-refractivity contribution in [3.63, 3.8) is 0 Å². The fourth-order valence-electron chi connectivity index (χ4n) is 6.27. The number of aromatic nitrogens is 5. The third-order valence-corrected chi connectivity index (χ3v) is 8.72. The molecule has 1 amide bonds. The summed E-state index contributed by atoms with van der Waals surface area (Å²) in [6.45, 7) is 0.246. The summed E-state index contributed by atoms with van der Waals surface area (Å²) in [6, 6.07) is 23.7. The molecule has 1 saturated carbocycles. The van der Waals surface area contributed by atoms with Gasteiger partial charge in [-0.15, -0.1) is 0 Å². The summed E-state index contributed by atoms with van der Waals surface area (Å²) < 4.78 is 9.12. The summed E-state index contributed by atoms with van der Waals surface area (Å²) in [5.74, 6) is 0. The highest BCUT2D eigenvalue weighted by atomic mass is 16.6. The van der Waals surface area contributed by atoms with Crippen LogP contribution in [0, 0.1) is 0 Å². The SMILES string of the molecule is CN(C(=O)OCc1ccccc1)C1CCC(n2c(=O)n(C)c3cnc4ccc(-c5cnc6ccccc6c5)nc4c32)CC1. The second-order valence-electron chi connectivity index (χ2n) is 11.3. The summed E-state index contributed by atoms with van der Waals surface area (Å²) in [4.78, 5) is 42.5. The Morgan fingerprint density at radius 3 is 2.49 bits per heavy atom. The van der Waals surface area contributed by atoms with Gasteiger partial charge < -0.3 is 9.64 Å². The van der Waals surface area contributed by atoms with E-state index < -0.39 is 0 Å². The number of benzene rings is 2. The van der Waals surface area contributed by atoms with Crippen molar-refractivity contribution >= 4 is 39.1 Å². The highest BCUT2D eigenvalue weighted by Gasteiger charge is 2.31. The van der Waals surface area contributed by atoms with Crippen LogP contribution >= 0.6 is 0 Å². The fourth-order valence-corrected chi connectivity index (χ4v) is 6.27. The van der Waals surface area contributed by atoms with Crippen LogP contribution in [-0.4, -0.2) is 48.2 Å². The van der Waals surface area contributed by atoms with E-state index in [1.807, 2.05) is 77.5 Å². The van der Waals surface area contributed by atoms with E-state index in [2.05, 4.69) is 16.0 Å². The van der Waals surface area contributed by atoms with Gasteiger partial charge in [0.05, 0.1) is 34.0 Å². The minimum absolute atomic E-state index is 0.0143. The number of hydrogen-bond donors (Lipinski definition) is 0. The number of aryl methyl sites for hydroxylation is 1. The molecule has 7 rings (SSSR count). The highest BCUT2D eigenvalue weighted by molar-refractivity contribution is 6.00. The van der Waals surface area contributed by atoms with Gasteiger partial charge in [-0.05, 0) is 55.5 Å². The summed E-state index contributed by atoms with van der Waals surface area (Å²) in [7, 11) is 3.59. The Morgan fingerprint density at radius 1 is 0.930 bits per heavy atom. The van der Waals surface area contributed by atoms with Gasteiger partial charge in [-0.2, -0.15) is 0 Å². The zero-order chi connectivity index (χ0) is 29.5. The van der Waals surface area contributed by atoms with Crippen molar-refractivity contribution < 1.29 is 9.53 Å². The molecule has 0 saturated heterocycles. The number of para-hydroxylation sites is 1. The number of nitrogens with zero attached hydrogens (tertiary/aromatic N) is 6. The van der Waals surface area contributed by atoms with E-state index in [1.165, 1.54) is 0 Å². The van der Waals surface area contributed by atoms with Crippen molar-refractivity contribution in [2.24, 2.45) is 7.05 Å². The van der Waals surface area contributed by atoms with Crippen LogP contribution in [0.2, 0.25) is 0 Å². The molecule has 1 aliphatic carbocycles. The molecule has 0 unspecified atom stereocenters. The summed E-state index contributed by atoms with van der Waals surface area (Å²) in [6.07, 6.45) is 6.34. The van der Waals surface area contributed by atoms with Crippen molar-refractivity contribution in [3.8, 4) is 11.3 Å². The number of rotatable bonds is 5. The molecule has 9 nitrogen and oxygen atoms in total. The lowest BCUT2D eigenvalue weighted by Gasteiger charge is -2.34. The molecular formula is C34H32N6O3. The van der Waals surface area contributed by atoms with Crippen LogP contribution in [0.3, 0.4) is 0 Å². The number of fused-ring (bicyclic) bond motifs is 4. The lowest BCUT2D eigenvalue weighted by molar-refractivity contribution is 0.0797. The number of ether oxygens (including phenoxy) is 1. The Labute approximate surface area is 248 Å². The highest BCUT2D eigenvalue weighted by Crippen LogP contribution is 2.34. The molecule has 9 heteroatoms. The molecular weight excluding hydrogens is 540 g/mol. The monoisotopic (exact) mass is 572 g/mol. The standard InChI is InChI=1S/C34H32N6O3/c1-38(34(42)43-21-22-8-4-3-5-9-22)25-12-14-26(15-13-25)40-32-30(39(2)33(40)41)20-36-29-17-16-28(37-31(29)32)24-18-23-10-6-7-11-27(23)35-19-24/h3-11,16-20,25-26H,12-15,21H2,1-2H3. The van der Waals surface area contributed by atoms with Crippen molar-refractivity contribution in [1.29, 1.82) is 0 Å². The molecule has 4 aromatic heterocycles. The molecule has 0 aliphatic heterocycles. The van der Waals surface area contributed by atoms with Gasteiger partial charge in [-0.3, -0.25) is 19.1 Å². The van der Waals surface area contributed by atoms with Crippen LogP contribution in [0.1, 0.15) is 37.3 Å². The zero-order valence-corrected chi connectivity index (χ0v) is 24.2. The summed E-state index contributed by atoms with van der Waals surface area (Å²) in [5.41, 5.74) is 6.48. The second kappa shape index (κ2) is 11.0. The van der Waals surface area contributed by atoms with E-state index >= 15 is 0 Å². The maximum Gasteiger partial charge on any atom is 0.410 e.